The van der Waals surface area contributed by atoms with Crippen LogP contribution < -0.4 is 31.3 Å². The van der Waals surface area contributed by atoms with E-state index in [9.17, 15) is 14.7 Å². The second kappa shape index (κ2) is 18.8. The second-order valence-electron chi connectivity index (χ2n) is 12.3. The zero-order chi connectivity index (χ0) is 37.7. The summed E-state index contributed by atoms with van der Waals surface area (Å²) in [5.41, 5.74) is 8.59. The number of fused-ring (bicyclic) bond motifs is 1. The van der Waals surface area contributed by atoms with Crippen molar-refractivity contribution in [3.63, 3.8) is 0 Å². The lowest BCUT2D eigenvalue weighted by molar-refractivity contribution is -0.123. The van der Waals surface area contributed by atoms with E-state index in [2.05, 4.69) is 47.4 Å². The van der Waals surface area contributed by atoms with Crippen molar-refractivity contribution in [2.45, 2.75) is 59.7 Å². The van der Waals surface area contributed by atoms with Gasteiger partial charge in [0, 0.05) is 31.0 Å². The van der Waals surface area contributed by atoms with Crippen molar-refractivity contribution in [1.29, 1.82) is 0 Å². The van der Waals surface area contributed by atoms with Crippen LogP contribution in [0.4, 0.5) is 11.4 Å². The van der Waals surface area contributed by atoms with Crippen LogP contribution in [0.25, 0.3) is 10.8 Å². The Morgan fingerprint density at radius 2 is 1.00 bits per heavy atom. The third kappa shape index (κ3) is 10.1. The monoisotopic (exact) mass is 747 g/mol. The van der Waals surface area contributed by atoms with Crippen LogP contribution in [0, 0.1) is 0 Å². The number of benzene rings is 5. The molecule has 0 atom stereocenters. The van der Waals surface area contributed by atoms with E-state index in [1.54, 1.807) is 12.1 Å². The van der Waals surface area contributed by atoms with E-state index >= 15 is 0 Å². The predicted molar refractivity (Wildman–Crippen MR) is 222 cm³/mol. The Balaban J connectivity index is 1.41. The fraction of sp³-hybridized carbons (Fsp3) is 0.238. The standard InChI is InChI=1S/C42H45N5O4S2/c1-4-31-35(23-43-39(48)26-51-38-22-28-16-14-13-15-27(28)21-34(38)40(49)50)32(5-2)37(25-45-42(53)47-30-19-11-8-12-20-30)33(6-3)36(31)24-44-41(52)46-29-17-9-7-10-18-29/h7-22H,4-6,23-26H2,1-3H3,(H,43,48)(H,49,50)(H2,44,46,52)(H2,45,47,53). The Labute approximate surface area is 321 Å². The molecule has 274 valence electrons. The Kier molecular flexibility index (Phi) is 13.7. The smallest absolute Gasteiger partial charge is 0.339 e. The molecule has 0 bridgehead atoms. The van der Waals surface area contributed by atoms with Crippen LogP contribution in [-0.4, -0.2) is 33.8 Å². The molecule has 0 radical (unpaired) electrons. The molecule has 0 unspecified atom stereocenters. The molecule has 1 amide bonds. The maximum atomic E-state index is 13.3. The number of hydrogen-bond donors (Lipinski definition) is 6. The summed E-state index contributed by atoms with van der Waals surface area (Å²) in [5.74, 6) is -1.34. The van der Waals surface area contributed by atoms with Crippen molar-refractivity contribution in [2.24, 2.45) is 0 Å². The number of carbonyl (C=O) groups excluding carboxylic acids is 1. The molecule has 0 aliphatic heterocycles. The highest BCUT2D eigenvalue weighted by molar-refractivity contribution is 7.80. The third-order valence-corrected chi connectivity index (χ3v) is 9.55. The molecule has 0 saturated carbocycles. The minimum Gasteiger partial charge on any atom is -0.483 e. The lowest BCUT2D eigenvalue weighted by Crippen LogP contribution is -2.33. The minimum atomic E-state index is -1.12. The highest BCUT2D eigenvalue weighted by Gasteiger charge is 2.23. The van der Waals surface area contributed by atoms with Crippen molar-refractivity contribution in [1.82, 2.24) is 16.0 Å². The third-order valence-electron chi connectivity index (χ3n) is 9.06. The number of ether oxygens (including phenoxy) is 1. The summed E-state index contributed by atoms with van der Waals surface area (Å²) in [5, 5.41) is 28.9. The molecule has 9 nitrogen and oxygen atoms in total. The van der Waals surface area contributed by atoms with Gasteiger partial charge in [0.15, 0.2) is 16.8 Å². The van der Waals surface area contributed by atoms with Gasteiger partial charge < -0.3 is 36.4 Å². The number of carbonyl (C=O) groups is 2. The first-order valence-corrected chi connectivity index (χ1v) is 18.6. The Morgan fingerprint density at radius 3 is 1.43 bits per heavy atom. The molecule has 5 rings (SSSR count). The van der Waals surface area contributed by atoms with E-state index in [1.807, 2.05) is 84.9 Å². The molecule has 0 aliphatic carbocycles. The lowest BCUT2D eigenvalue weighted by atomic mass is 9.83. The molecule has 0 aliphatic rings. The van der Waals surface area contributed by atoms with Crippen LogP contribution in [0.15, 0.2) is 97.1 Å². The fourth-order valence-electron chi connectivity index (χ4n) is 6.63. The van der Waals surface area contributed by atoms with E-state index in [0.717, 1.165) is 69.2 Å². The lowest BCUT2D eigenvalue weighted by Gasteiger charge is -2.27. The molecule has 0 spiro atoms. The largest absolute Gasteiger partial charge is 0.483 e. The normalized spacial score (nSPS) is 10.7. The predicted octanol–water partition coefficient (Wildman–Crippen LogP) is 7.89. The van der Waals surface area contributed by atoms with Crippen LogP contribution >= 0.6 is 24.4 Å². The van der Waals surface area contributed by atoms with E-state index in [1.165, 1.54) is 5.56 Å². The molecule has 0 saturated heterocycles. The average molecular weight is 748 g/mol. The van der Waals surface area contributed by atoms with Gasteiger partial charge in [-0.25, -0.2) is 4.79 Å². The molecule has 0 aromatic heterocycles. The maximum absolute atomic E-state index is 13.3. The molecular formula is C42H45N5O4S2. The van der Waals surface area contributed by atoms with Gasteiger partial charge in [0.25, 0.3) is 5.91 Å². The van der Waals surface area contributed by atoms with E-state index in [0.29, 0.717) is 23.3 Å². The van der Waals surface area contributed by atoms with Crippen molar-refractivity contribution >= 4 is 68.7 Å². The number of anilines is 2. The van der Waals surface area contributed by atoms with Crippen molar-refractivity contribution in [3.8, 4) is 5.75 Å². The summed E-state index contributed by atoms with van der Waals surface area (Å²) in [6.45, 7) is 7.29. The Morgan fingerprint density at radius 1 is 0.585 bits per heavy atom. The van der Waals surface area contributed by atoms with Gasteiger partial charge in [-0.2, -0.15) is 0 Å². The summed E-state index contributed by atoms with van der Waals surface area (Å²) in [4.78, 5) is 25.4. The van der Waals surface area contributed by atoms with E-state index < -0.39 is 5.97 Å². The van der Waals surface area contributed by atoms with E-state index in [-0.39, 0.29) is 30.4 Å². The molecule has 11 heteroatoms. The first kappa shape index (κ1) is 38.7. The van der Waals surface area contributed by atoms with Crippen LogP contribution in [-0.2, 0) is 43.7 Å². The number of carboxylic acids is 1. The zero-order valence-corrected chi connectivity index (χ0v) is 31.8. The van der Waals surface area contributed by atoms with Gasteiger partial charge in [-0.05, 0) is 124 Å². The van der Waals surface area contributed by atoms with Gasteiger partial charge in [-0.1, -0.05) is 81.4 Å². The summed E-state index contributed by atoms with van der Waals surface area (Å²) in [6, 6.07) is 30.2. The highest BCUT2D eigenvalue weighted by Crippen LogP contribution is 2.31. The molecule has 6 N–H and O–H groups in total. The molecule has 0 heterocycles. The first-order valence-electron chi connectivity index (χ1n) is 17.7. The number of aromatic carboxylic acids is 1. The molecule has 0 fully saturated rings. The number of thiocarbonyl (C=S) groups is 2. The first-order chi connectivity index (χ1) is 25.7. The molecule has 53 heavy (non-hydrogen) atoms. The van der Waals surface area contributed by atoms with Crippen molar-refractivity contribution < 1.29 is 19.4 Å². The van der Waals surface area contributed by atoms with Crippen LogP contribution in [0.2, 0.25) is 0 Å². The maximum Gasteiger partial charge on any atom is 0.339 e. The number of carboxylic acid groups (broad SMARTS) is 1. The van der Waals surface area contributed by atoms with Gasteiger partial charge in [0.2, 0.25) is 0 Å². The van der Waals surface area contributed by atoms with Crippen LogP contribution in [0.5, 0.6) is 5.75 Å². The van der Waals surface area contributed by atoms with Gasteiger partial charge in [0.05, 0.1) is 0 Å². The van der Waals surface area contributed by atoms with Crippen LogP contribution in [0.1, 0.15) is 64.5 Å². The van der Waals surface area contributed by atoms with Crippen molar-refractivity contribution in [2.75, 3.05) is 17.2 Å². The quantitative estimate of drug-likeness (QED) is 0.0590. The number of para-hydroxylation sites is 2. The fourth-order valence-corrected chi connectivity index (χ4v) is 7.01. The Bertz CT molecular complexity index is 2000. The average Bonchev–Trinajstić information content (AvgIpc) is 3.17. The number of nitrogens with one attached hydrogen (secondary N) is 5. The molecule has 5 aromatic rings. The van der Waals surface area contributed by atoms with Gasteiger partial charge in [0.1, 0.15) is 11.3 Å². The molecule has 5 aromatic carbocycles. The highest BCUT2D eigenvalue weighted by atomic mass is 32.1. The zero-order valence-electron chi connectivity index (χ0n) is 30.2. The number of hydrogen-bond acceptors (Lipinski definition) is 5. The Hall–Kier alpha value is -5.52. The minimum absolute atomic E-state index is 0.00168. The van der Waals surface area contributed by atoms with Gasteiger partial charge in [-0.3, -0.25) is 4.79 Å². The molecular weight excluding hydrogens is 703 g/mol. The summed E-state index contributed by atoms with van der Waals surface area (Å²) in [6.07, 6.45) is 2.25. The van der Waals surface area contributed by atoms with Crippen molar-refractivity contribution in [3.05, 3.63) is 136 Å². The topological polar surface area (TPSA) is 124 Å². The number of amides is 1. The van der Waals surface area contributed by atoms with Gasteiger partial charge in [-0.15, -0.1) is 0 Å². The van der Waals surface area contributed by atoms with Crippen LogP contribution in [0.3, 0.4) is 0 Å². The summed E-state index contributed by atoms with van der Waals surface area (Å²) >= 11 is 11.4. The number of rotatable bonds is 15. The van der Waals surface area contributed by atoms with Gasteiger partial charge >= 0.3 is 5.97 Å². The van der Waals surface area contributed by atoms with E-state index in [4.69, 9.17) is 29.2 Å². The SMILES string of the molecule is CCc1c(CNC(=O)COc2cc3ccccc3cc2C(=O)O)c(CC)c(CNC(=S)Nc2ccccc2)c(CC)c1CNC(=S)Nc1ccccc1. The summed E-state index contributed by atoms with van der Waals surface area (Å²) < 4.78 is 5.83. The summed E-state index contributed by atoms with van der Waals surface area (Å²) in [7, 11) is 0. The second-order valence-corrected chi connectivity index (χ2v) is 13.2.